The van der Waals surface area contributed by atoms with Crippen LogP contribution in [0.1, 0.15) is 31.1 Å². The molecule has 3 nitrogen and oxygen atoms in total. The summed E-state index contributed by atoms with van der Waals surface area (Å²) in [5, 5.41) is 0. The third-order valence-corrected chi connectivity index (χ3v) is 2.02. The lowest BCUT2D eigenvalue weighted by Crippen LogP contribution is -2.24. The van der Waals surface area contributed by atoms with Crippen LogP contribution in [0.4, 0.5) is 0 Å². The number of carbonyl (C=O) groups is 1. The van der Waals surface area contributed by atoms with E-state index in [1.165, 1.54) is 0 Å². The summed E-state index contributed by atoms with van der Waals surface area (Å²) in [6.07, 6.45) is 3.13. The molecule has 4 heteroatoms. The van der Waals surface area contributed by atoms with Gasteiger partial charge in [0.2, 0.25) is 0 Å². The van der Waals surface area contributed by atoms with Crippen molar-refractivity contribution in [2.45, 2.75) is 26.4 Å². The van der Waals surface area contributed by atoms with E-state index in [1.54, 1.807) is 18.5 Å². The number of rotatable bonds is 1. The molecular weight excluding hydrogens is 246 g/mol. The number of carbonyl (C=O) groups excluding carboxylic acids is 1. The third-order valence-electron chi connectivity index (χ3n) is 1.39. The molecular formula is C10H12BrNO2. The first-order valence-electron chi connectivity index (χ1n) is 4.23. The molecule has 0 saturated carbocycles. The summed E-state index contributed by atoms with van der Waals surface area (Å²) < 4.78 is 5.86. The van der Waals surface area contributed by atoms with Gasteiger partial charge >= 0.3 is 5.97 Å². The van der Waals surface area contributed by atoms with Crippen molar-refractivity contribution in [1.29, 1.82) is 0 Å². The SMILES string of the molecule is CC(C)(C)OC(=O)c1ccncc1Br. The molecule has 0 aliphatic rings. The minimum atomic E-state index is -0.472. The zero-order valence-electron chi connectivity index (χ0n) is 8.37. The zero-order valence-corrected chi connectivity index (χ0v) is 9.96. The second-order valence-corrected chi connectivity index (χ2v) is 4.71. The van der Waals surface area contributed by atoms with Crippen LogP contribution in [0.3, 0.4) is 0 Å². The molecule has 0 unspecified atom stereocenters. The van der Waals surface area contributed by atoms with Crippen LogP contribution in [-0.4, -0.2) is 16.6 Å². The van der Waals surface area contributed by atoms with Gasteiger partial charge in [-0.15, -0.1) is 0 Å². The average molecular weight is 258 g/mol. The van der Waals surface area contributed by atoms with Crippen molar-refractivity contribution in [2.24, 2.45) is 0 Å². The van der Waals surface area contributed by atoms with E-state index >= 15 is 0 Å². The van der Waals surface area contributed by atoms with Gasteiger partial charge in [0.25, 0.3) is 0 Å². The lowest BCUT2D eigenvalue weighted by Gasteiger charge is -2.19. The van der Waals surface area contributed by atoms with Crippen LogP contribution in [0.2, 0.25) is 0 Å². The fraction of sp³-hybridized carbons (Fsp3) is 0.400. The standard InChI is InChI=1S/C10H12BrNO2/c1-10(2,3)14-9(13)7-4-5-12-6-8(7)11/h4-6H,1-3H3. The first-order valence-corrected chi connectivity index (χ1v) is 5.02. The Hall–Kier alpha value is -0.900. The number of halogens is 1. The van der Waals surface area contributed by atoms with E-state index in [2.05, 4.69) is 20.9 Å². The highest BCUT2D eigenvalue weighted by atomic mass is 79.9. The van der Waals surface area contributed by atoms with Crippen molar-refractivity contribution < 1.29 is 9.53 Å². The molecule has 1 rings (SSSR count). The van der Waals surface area contributed by atoms with Crippen molar-refractivity contribution in [3.8, 4) is 0 Å². The van der Waals surface area contributed by atoms with Gasteiger partial charge in [0, 0.05) is 12.4 Å². The van der Waals surface area contributed by atoms with Gasteiger partial charge in [-0.25, -0.2) is 4.79 Å². The lowest BCUT2D eigenvalue weighted by atomic mass is 10.2. The van der Waals surface area contributed by atoms with E-state index in [-0.39, 0.29) is 5.97 Å². The topological polar surface area (TPSA) is 39.2 Å². The van der Waals surface area contributed by atoms with E-state index in [0.717, 1.165) is 0 Å². The van der Waals surface area contributed by atoms with Gasteiger partial charge in [-0.05, 0) is 42.8 Å². The Morgan fingerprint density at radius 3 is 2.64 bits per heavy atom. The molecule has 1 aromatic rings. The Morgan fingerprint density at radius 2 is 2.14 bits per heavy atom. The zero-order chi connectivity index (χ0) is 10.8. The molecule has 0 saturated heterocycles. The fourth-order valence-corrected chi connectivity index (χ4v) is 1.29. The fourth-order valence-electron chi connectivity index (χ4n) is 0.874. The Kier molecular flexibility index (Phi) is 3.26. The van der Waals surface area contributed by atoms with E-state index < -0.39 is 5.60 Å². The van der Waals surface area contributed by atoms with E-state index in [1.807, 2.05) is 20.8 Å². The minimum absolute atomic E-state index is 0.341. The molecule has 0 fully saturated rings. The van der Waals surface area contributed by atoms with Crippen LogP contribution in [0.15, 0.2) is 22.9 Å². The molecule has 14 heavy (non-hydrogen) atoms. The molecule has 0 atom stereocenters. The number of esters is 1. The van der Waals surface area contributed by atoms with E-state index in [4.69, 9.17) is 4.74 Å². The van der Waals surface area contributed by atoms with Crippen LogP contribution in [0.5, 0.6) is 0 Å². The average Bonchev–Trinajstić information content (AvgIpc) is 2.01. The molecule has 0 aromatic carbocycles. The highest BCUT2D eigenvalue weighted by Gasteiger charge is 2.19. The van der Waals surface area contributed by atoms with E-state index in [0.29, 0.717) is 10.0 Å². The minimum Gasteiger partial charge on any atom is -0.456 e. The maximum absolute atomic E-state index is 11.6. The molecule has 0 radical (unpaired) electrons. The van der Waals surface area contributed by atoms with E-state index in [9.17, 15) is 4.79 Å². The molecule has 0 spiro atoms. The number of hydrogen-bond donors (Lipinski definition) is 0. The number of ether oxygens (including phenoxy) is 1. The summed E-state index contributed by atoms with van der Waals surface area (Å²) in [5.74, 6) is -0.341. The summed E-state index contributed by atoms with van der Waals surface area (Å²) in [5.41, 5.74) is 0.0229. The van der Waals surface area contributed by atoms with Crippen LogP contribution < -0.4 is 0 Å². The number of hydrogen-bond acceptors (Lipinski definition) is 3. The van der Waals surface area contributed by atoms with Crippen LogP contribution >= 0.6 is 15.9 Å². The number of pyridine rings is 1. The lowest BCUT2D eigenvalue weighted by molar-refractivity contribution is 0.00683. The summed E-state index contributed by atoms with van der Waals surface area (Å²) >= 11 is 3.24. The Labute approximate surface area is 91.6 Å². The van der Waals surface area contributed by atoms with Crippen molar-refractivity contribution in [2.75, 3.05) is 0 Å². The maximum atomic E-state index is 11.6. The quantitative estimate of drug-likeness (QED) is 0.727. The predicted octanol–water partition coefficient (Wildman–Crippen LogP) is 2.80. The summed E-state index contributed by atoms with van der Waals surface area (Å²) in [4.78, 5) is 15.5. The van der Waals surface area contributed by atoms with Crippen LogP contribution in [-0.2, 0) is 4.74 Å². The predicted molar refractivity (Wildman–Crippen MR) is 57.1 cm³/mol. The maximum Gasteiger partial charge on any atom is 0.339 e. The summed E-state index contributed by atoms with van der Waals surface area (Å²) in [6.45, 7) is 5.50. The monoisotopic (exact) mass is 257 g/mol. The van der Waals surface area contributed by atoms with Gasteiger partial charge in [0.1, 0.15) is 5.60 Å². The summed E-state index contributed by atoms with van der Waals surface area (Å²) in [6, 6.07) is 1.62. The second-order valence-electron chi connectivity index (χ2n) is 3.86. The molecule has 76 valence electrons. The summed E-state index contributed by atoms with van der Waals surface area (Å²) in [7, 11) is 0. The van der Waals surface area contributed by atoms with Gasteiger partial charge < -0.3 is 4.74 Å². The number of nitrogens with zero attached hydrogens (tertiary/aromatic N) is 1. The van der Waals surface area contributed by atoms with Gasteiger partial charge in [-0.3, -0.25) is 4.98 Å². The highest BCUT2D eigenvalue weighted by molar-refractivity contribution is 9.10. The smallest absolute Gasteiger partial charge is 0.339 e. The molecule has 0 aliphatic carbocycles. The van der Waals surface area contributed by atoms with Gasteiger partial charge in [0.05, 0.1) is 10.0 Å². The molecule has 0 amide bonds. The van der Waals surface area contributed by atoms with Crippen molar-refractivity contribution in [1.82, 2.24) is 4.98 Å². The van der Waals surface area contributed by atoms with Gasteiger partial charge in [-0.1, -0.05) is 0 Å². The van der Waals surface area contributed by atoms with Gasteiger partial charge in [0.15, 0.2) is 0 Å². The third kappa shape index (κ3) is 3.10. The van der Waals surface area contributed by atoms with Crippen LogP contribution in [0.25, 0.3) is 0 Å². The first kappa shape index (κ1) is 11.2. The van der Waals surface area contributed by atoms with Crippen LogP contribution in [0, 0.1) is 0 Å². The molecule has 0 bridgehead atoms. The molecule has 0 N–H and O–H groups in total. The molecule has 1 aromatic heterocycles. The normalized spacial score (nSPS) is 11.1. The second kappa shape index (κ2) is 4.09. The first-order chi connectivity index (χ1) is 6.40. The Morgan fingerprint density at radius 1 is 1.50 bits per heavy atom. The molecule has 0 aliphatic heterocycles. The van der Waals surface area contributed by atoms with Gasteiger partial charge in [-0.2, -0.15) is 0 Å². The highest BCUT2D eigenvalue weighted by Crippen LogP contribution is 2.18. The Balaban J connectivity index is 2.86. The van der Waals surface area contributed by atoms with Crippen molar-refractivity contribution in [3.05, 3.63) is 28.5 Å². The number of aromatic nitrogens is 1. The molecule has 1 heterocycles. The largest absolute Gasteiger partial charge is 0.456 e. The Bertz CT molecular complexity index is 344. The van der Waals surface area contributed by atoms with Crippen molar-refractivity contribution in [3.63, 3.8) is 0 Å². The van der Waals surface area contributed by atoms with Crippen molar-refractivity contribution >= 4 is 21.9 Å².